The molecule has 0 fully saturated rings. The summed E-state index contributed by atoms with van der Waals surface area (Å²) in [6.45, 7) is 14.7. The van der Waals surface area contributed by atoms with Gasteiger partial charge in [-0.25, -0.2) is 4.79 Å². The number of carbonyl (C=O) groups is 1. The van der Waals surface area contributed by atoms with E-state index in [1.54, 1.807) is 14.0 Å². The molecule has 0 saturated carbocycles. The summed E-state index contributed by atoms with van der Waals surface area (Å²) < 4.78 is 16.9. The molecule has 0 spiro atoms. The molecule has 4 nitrogen and oxygen atoms in total. The van der Waals surface area contributed by atoms with Crippen LogP contribution in [-0.4, -0.2) is 25.3 Å². The van der Waals surface area contributed by atoms with Crippen molar-refractivity contribution in [3.05, 3.63) is 59.2 Å². The molecular weight excluding hydrogens is 388 g/mol. The number of hydrogen-bond donors (Lipinski definition) is 0. The summed E-state index contributed by atoms with van der Waals surface area (Å²) in [5, 5.41) is 0. The molecule has 0 bridgehead atoms. The zero-order valence-electron chi connectivity index (χ0n) is 20.2. The maximum Gasteiger partial charge on any atom is 0.330 e. The molecule has 0 saturated heterocycles. The SMILES string of the molecule is CCOC(=O)/C=C(C)/C=C/C=C(/CC)c1cc2c(cc1OC)OC(C)(C)C=C2C(C)C. The molecule has 0 aromatic heterocycles. The highest BCUT2D eigenvalue weighted by Gasteiger charge is 2.29. The molecule has 1 heterocycles. The second-order valence-corrected chi connectivity index (χ2v) is 8.55. The minimum absolute atomic E-state index is 0.323. The lowest BCUT2D eigenvalue weighted by Gasteiger charge is -2.33. The van der Waals surface area contributed by atoms with Gasteiger partial charge in [-0.15, -0.1) is 0 Å². The maximum atomic E-state index is 11.6. The average molecular weight is 425 g/mol. The van der Waals surface area contributed by atoms with Gasteiger partial charge in [0.1, 0.15) is 17.1 Å². The molecule has 0 amide bonds. The van der Waals surface area contributed by atoms with Crippen molar-refractivity contribution in [1.82, 2.24) is 0 Å². The summed E-state index contributed by atoms with van der Waals surface area (Å²) in [4.78, 5) is 11.6. The van der Waals surface area contributed by atoms with Gasteiger partial charge in [0.15, 0.2) is 0 Å². The number of rotatable bonds is 8. The van der Waals surface area contributed by atoms with Gasteiger partial charge < -0.3 is 14.2 Å². The first kappa shape index (κ1) is 24.5. The van der Waals surface area contributed by atoms with Crippen molar-refractivity contribution < 1.29 is 19.0 Å². The Balaban J connectivity index is 2.46. The maximum absolute atomic E-state index is 11.6. The molecule has 2 rings (SSSR count). The molecule has 168 valence electrons. The molecule has 0 N–H and O–H groups in total. The number of fused-ring (bicyclic) bond motifs is 1. The first-order valence-corrected chi connectivity index (χ1v) is 11.0. The van der Waals surface area contributed by atoms with E-state index < -0.39 is 0 Å². The van der Waals surface area contributed by atoms with Crippen molar-refractivity contribution in [2.45, 2.75) is 60.5 Å². The summed E-state index contributed by atoms with van der Waals surface area (Å²) in [5.41, 5.74) is 5.08. The lowest BCUT2D eigenvalue weighted by atomic mass is 9.86. The Hall–Kier alpha value is -2.75. The summed E-state index contributed by atoms with van der Waals surface area (Å²) in [6.07, 6.45) is 10.5. The fraction of sp³-hybridized carbons (Fsp3) is 0.444. The third-order valence-corrected chi connectivity index (χ3v) is 5.13. The van der Waals surface area contributed by atoms with E-state index >= 15 is 0 Å². The number of esters is 1. The second kappa shape index (κ2) is 10.5. The van der Waals surface area contributed by atoms with Gasteiger partial charge >= 0.3 is 5.97 Å². The second-order valence-electron chi connectivity index (χ2n) is 8.55. The van der Waals surface area contributed by atoms with E-state index in [-0.39, 0.29) is 11.6 Å². The first-order valence-electron chi connectivity index (χ1n) is 11.0. The van der Waals surface area contributed by atoms with Crippen LogP contribution in [-0.2, 0) is 9.53 Å². The van der Waals surface area contributed by atoms with E-state index in [1.165, 1.54) is 11.6 Å². The van der Waals surface area contributed by atoms with Crippen LogP contribution < -0.4 is 9.47 Å². The van der Waals surface area contributed by atoms with Gasteiger partial charge in [0.05, 0.1) is 13.7 Å². The van der Waals surface area contributed by atoms with Crippen molar-refractivity contribution in [3.8, 4) is 11.5 Å². The van der Waals surface area contributed by atoms with Gasteiger partial charge in [0.2, 0.25) is 0 Å². The summed E-state index contributed by atoms with van der Waals surface area (Å²) in [5.74, 6) is 1.71. The summed E-state index contributed by atoms with van der Waals surface area (Å²) >= 11 is 0. The minimum atomic E-state index is -0.353. The van der Waals surface area contributed by atoms with Gasteiger partial charge in [0.25, 0.3) is 0 Å². The third kappa shape index (κ3) is 6.36. The Morgan fingerprint density at radius 3 is 2.52 bits per heavy atom. The number of carbonyl (C=O) groups excluding carboxylic acids is 1. The number of ether oxygens (including phenoxy) is 3. The molecule has 0 aliphatic carbocycles. The van der Waals surface area contributed by atoms with Crippen molar-refractivity contribution in [1.29, 1.82) is 0 Å². The Kier molecular flexibility index (Phi) is 8.32. The summed E-state index contributed by atoms with van der Waals surface area (Å²) in [6, 6.07) is 4.18. The Morgan fingerprint density at radius 1 is 1.23 bits per heavy atom. The molecule has 0 unspecified atom stereocenters. The number of hydrogen-bond acceptors (Lipinski definition) is 4. The zero-order chi connectivity index (χ0) is 23.2. The Bertz CT molecular complexity index is 927. The minimum Gasteiger partial charge on any atom is -0.496 e. The Morgan fingerprint density at radius 2 is 1.94 bits per heavy atom. The quantitative estimate of drug-likeness (QED) is 0.263. The highest BCUT2D eigenvalue weighted by molar-refractivity contribution is 5.83. The van der Waals surface area contributed by atoms with Gasteiger partial charge in [-0.05, 0) is 68.9 Å². The molecule has 31 heavy (non-hydrogen) atoms. The fourth-order valence-corrected chi connectivity index (χ4v) is 3.67. The smallest absolute Gasteiger partial charge is 0.330 e. The molecule has 0 radical (unpaired) electrons. The van der Waals surface area contributed by atoms with Crippen molar-refractivity contribution in [2.75, 3.05) is 13.7 Å². The van der Waals surface area contributed by atoms with Crippen molar-refractivity contribution in [2.24, 2.45) is 5.92 Å². The zero-order valence-corrected chi connectivity index (χ0v) is 20.2. The predicted molar refractivity (Wildman–Crippen MR) is 128 cm³/mol. The van der Waals surface area contributed by atoms with E-state index in [1.807, 2.05) is 25.1 Å². The standard InChI is InChI=1S/C27H36O4/c1-9-20(13-11-12-19(5)14-26(28)30-10-2)21-15-22-23(18(3)4)17-27(6,7)31-25(22)16-24(21)29-8/h11-18H,9-10H2,1-8H3/b12-11+,19-14+,20-13-. The van der Waals surface area contributed by atoms with Crippen LogP contribution in [0.3, 0.4) is 0 Å². The number of methoxy groups -OCH3 is 1. The average Bonchev–Trinajstić information content (AvgIpc) is 2.69. The number of allylic oxidation sites excluding steroid dienone is 6. The fourth-order valence-electron chi connectivity index (χ4n) is 3.67. The van der Waals surface area contributed by atoms with E-state index in [9.17, 15) is 4.79 Å². The normalized spacial score (nSPS) is 16.1. The largest absolute Gasteiger partial charge is 0.496 e. The van der Waals surface area contributed by atoms with Crippen molar-refractivity contribution in [3.63, 3.8) is 0 Å². The molecule has 1 aliphatic rings. The van der Waals surface area contributed by atoms with Crippen LogP contribution >= 0.6 is 0 Å². The van der Waals surface area contributed by atoms with E-state index in [0.29, 0.717) is 12.5 Å². The van der Waals surface area contributed by atoms with E-state index in [4.69, 9.17) is 14.2 Å². The van der Waals surface area contributed by atoms with E-state index in [2.05, 4.69) is 52.8 Å². The Labute approximate surface area is 187 Å². The first-order chi connectivity index (χ1) is 14.6. The molecule has 1 aromatic carbocycles. The highest BCUT2D eigenvalue weighted by atomic mass is 16.5. The monoisotopic (exact) mass is 424 g/mol. The molecular formula is C27H36O4. The van der Waals surface area contributed by atoms with Crippen LogP contribution in [0.15, 0.2) is 48.1 Å². The van der Waals surface area contributed by atoms with E-state index in [0.717, 1.165) is 40.2 Å². The molecule has 1 aliphatic heterocycles. The summed E-state index contributed by atoms with van der Waals surface area (Å²) in [7, 11) is 1.69. The van der Waals surface area contributed by atoms with Gasteiger partial charge in [0, 0.05) is 23.3 Å². The lowest BCUT2D eigenvalue weighted by molar-refractivity contribution is -0.137. The van der Waals surface area contributed by atoms with Gasteiger partial charge in [-0.1, -0.05) is 39.0 Å². The predicted octanol–water partition coefficient (Wildman–Crippen LogP) is 6.76. The highest BCUT2D eigenvalue weighted by Crippen LogP contribution is 2.44. The van der Waals surface area contributed by atoms with Gasteiger partial charge in [-0.2, -0.15) is 0 Å². The van der Waals surface area contributed by atoms with Crippen molar-refractivity contribution >= 4 is 17.1 Å². The number of benzene rings is 1. The topological polar surface area (TPSA) is 44.8 Å². The van der Waals surface area contributed by atoms with Crippen LogP contribution in [0.1, 0.15) is 66.0 Å². The van der Waals surface area contributed by atoms with Crippen LogP contribution in [0.5, 0.6) is 11.5 Å². The van der Waals surface area contributed by atoms with Gasteiger partial charge in [-0.3, -0.25) is 0 Å². The van der Waals surface area contributed by atoms with Crippen LogP contribution in [0, 0.1) is 5.92 Å². The molecule has 4 heteroatoms. The lowest BCUT2D eigenvalue weighted by Crippen LogP contribution is -2.29. The molecule has 1 aromatic rings. The van der Waals surface area contributed by atoms with Crippen LogP contribution in [0.25, 0.3) is 11.1 Å². The third-order valence-electron chi connectivity index (χ3n) is 5.13. The van der Waals surface area contributed by atoms with Crippen LogP contribution in [0.4, 0.5) is 0 Å². The molecule has 0 atom stereocenters. The van der Waals surface area contributed by atoms with Crippen LogP contribution in [0.2, 0.25) is 0 Å².